The Labute approximate surface area is 158 Å². The van der Waals surface area contributed by atoms with E-state index in [1.807, 2.05) is 0 Å². The van der Waals surface area contributed by atoms with Crippen LogP contribution in [0.15, 0.2) is 23.8 Å². The summed E-state index contributed by atoms with van der Waals surface area (Å²) < 4.78 is 10.3. The number of hydrogen-bond acceptors (Lipinski definition) is 6. The molecule has 0 fully saturated rings. The summed E-state index contributed by atoms with van der Waals surface area (Å²) in [5, 5.41) is 0. The average molecular weight is 369 g/mol. The van der Waals surface area contributed by atoms with Gasteiger partial charge in [0.25, 0.3) is 0 Å². The maximum atomic E-state index is 12.0. The fourth-order valence-corrected chi connectivity index (χ4v) is 2.21. The maximum Gasteiger partial charge on any atom is 0.333 e. The highest BCUT2D eigenvalue weighted by molar-refractivity contribution is 5.88. The SMILES string of the molecule is C=C(C)C(=O)OC[C@H](N)C=C(C)C(=O)OCCN(CCCC)CCCC. The number of carbonyl (C=O) groups is 2. The molecular weight excluding hydrogens is 332 g/mol. The Morgan fingerprint density at radius 1 is 1.04 bits per heavy atom. The van der Waals surface area contributed by atoms with Crippen molar-refractivity contribution < 1.29 is 19.1 Å². The number of nitrogens with zero attached hydrogens (tertiary/aromatic N) is 1. The Hall–Kier alpha value is -1.66. The molecule has 0 spiro atoms. The zero-order chi connectivity index (χ0) is 19.9. The molecule has 0 amide bonds. The first-order chi connectivity index (χ1) is 12.3. The van der Waals surface area contributed by atoms with E-state index in [-0.39, 0.29) is 6.61 Å². The molecule has 0 aromatic carbocycles. The number of carbonyl (C=O) groups excluding carboxylic acids is 2. The summed E-state index contributed by atoms with van der Waals surface area (Å²) in [4.78, 5) is 25.7. The minimum absolute atomic E-state index is 0.00186. The van der Waals surface area contributed by atoms with Gasteiger partial charge in [-0.15, -0.1) is 0 Å². The van der Waals surface area contributed by atoms with Crippen molar-refractivity contribution >= 4 is 11.9 Å². The molecule has 0 saturated carbocycles. The van der Waals surface area contributed by atoms with Gasteiger partial charge in [0.15, 0.2) is 0 Å². The van der Waals surface area contributed by atoms with Crippen LogP contribution in [0.3, 0.4) is 0 Å². The van der Waals surface area contributed by atoms with Crippen molar-refractivity contribution in [3.8, 4) is 0 Å². The van der Waals surface area contributed by atoms with Crippen LogP contribution >= 0.6 is 0 Å². The first-order valence-electron chi connectivity index (χ1n) is 9.47. The highest BCUT2D eigenvalue weighted by atomic mass is 16.5. The lowest BCUT2D eigenvalue weighted by Crippen LogP contribution is -2.31. The monoisotopic (exact) mass is 368 g/mol. The van der Waals surface area contributed by atoms with Gasteiger partial charge >= 0.3 is 11.9 Å². The van der Waals surface area contributed by atoms with Gasteiger partial charge in [0.2, 0.25) is 0 Å². The van der Waals surface area contributed by atoms with Crippen LogP contribution in [0.1, 0.15) is 53.4 Å². The van der Waals surface area contributed by atoms with Crippen molar-refractivity contribution in [1.82, 2.24) is 4.90 Å². The van der Waals surface area contributed by atoms with E-state index in [0.717, 1.165) is 45.3 Å². The normalized spacial score (nSPS) is 12.8. The van der Waals surface area contributed by atoms with Crippen LogP contribution in [-0.4, -0.2) is 55.7 Å². The van der Waals surface area contributed by atoms with E-state index >= 15 is 0 Å². The lowest BCUT2D eigenvalue weighted by molar-refractivity contribution is -0.139. The summed E-state index contributed by atoms with van der Waals surface area (Å²) in [6.07, 6.45) is 6.15. The summed E-state index contributed by atoms with van der Waals surface area (Å²) >= 11 is 0. The molecule has 26 heavy (non-hydrogen) atoms. The third-order valence-corrected chi connectivity index (χ3v) is 3.84. The van der Waals surface area contributed by atoms with Crippen molar-refractivity contribution in [2.24, 2.45) is 5.73 Å². The van der Waals surface area contributed by atoms with Gasteiger partial charge in [0.05, 0.1) is 6.04 Å². The number of nitrogens with two attached hydrogens (primary N) is 1. The highest BCUT2D eigenvalue weighted by Gasteiger charge is 2.11. The van der Waals surface area contributed by atoms with Crippen LogP contribution in [-0.2, 0) is 19.1 Å². The summed E-state index contributed by atoms with van der Waals surface area (Å²) in [6.45, 7) is 14.2. The average Bonchev–Trinajstić information content (AvgIpc) is 2.60. The summed E-state index contributed by atoms with van der Waals surface area (Å²) in [6, 6.07) is -0.559. The lowest BCUT2D eigenvalue weighted by Gasteiger charge is -2.21. The van der Waals surface area contributed by atoms with Gasteiger partial charge in [-0.3, -0.25) is 4.90 Å². The van der Waals surface area contributed by atoms with E-state index in [0.29, 0.717) is 17.8 Å². The summed E-state index contributed by atoms with van der Waals surface area (Å²) in [5.74, 6) is -0.883. The Morgan fingerprint density at radius 3 is 2.12 bits per heavy atom. The predicted octanol–water partition coefficient (Wildman–Crippen LogP) is 2.82. The Kier molecular flexibility index (Phi) is 13.6. The van der Waals surface area contributed by atoms with Gasteiger partial charge in [-0.25, -0.2) is 9.59 Å². The molecule has 0 aliphatic heterocycles. The van der Waals surface area contributed by atoms with Crippen molar-refractivity contribution in [2.75, 3.05) is 32.8 Å². The number of ether oxygens (including phenoxy) is 2. The second kappa shape index (κ2) is 14.5. The van der Waals surface area contributed by atoms with Gasteiger partial charge in [0, 0.05) is 17.7 Å². The van der Waals surface area contributed by atoms with E-state index in [1.54, 1.807) is 19.9 Å². The quantitative estimate of drug-likeness (QED) is 0.375. The van der Waals surface area contributed by atoms with E-state index in [4.69, 9.17) is 15.2 Å². The molecule has 0 aromatic heterocycles. The second-order valence-electron chi connectivity index (χ2n) is 6.58. The van der Waals surface area contributed by atoms with Crippen molar-refractivity contribution in [3.05, 3.63) is 23.8 Å². The van der Waals surface area contributed by atoms with Crippen LogP contribution < -0.4 is 5.73 Å². The van der Waals surface area contributed by atoms with Gasteiger partial charge in [-0.05, 0) is 39.8 Å². The van der Waals surface area contributed by atoms with Gasteiger partial charge in [0.1, 0.15) is 13.2 Å². The lowest BCUT2D eigenvalue weighted by atomic mass is 10.2. The van der Waals surface area contributed by atoms with E-state index in [1.165, 1.54) is 0 Å². The topological polar surface area (TPSA) is 81.9 Å². The molecule has 1 atom stereocenters. The van der Waals surface area contributed by atoms with Crippen LogP contribution in [0.2, 0.25) is 0 Å². The molecule has 6 nitrogen and oxygen atoms in total. The zero-order valence-corrected chi connectivity index (χ0v) is 16.9. The first kappa shape index (κ1) is 24.3. The number of hydrogen-bond donors (Lipinski definition) is 1. The van der Waals surface area contributed by atoms with Crippen molar-refractivity contribution in [1.29, 1.82) is 0 Å². The summed E-state index contributed by atoms with van der Waals surface area (Å²) in [5.41, 5.74) is 6.58. The Morgan fingerprint density at radius 2 is 1.62 bits per heavy atom. The van der Waals surface area contributed by atoms with Gasteiger partial charge in [-0.2, -0.15) is 0 Å². The largest absolute Gasteiger partial charge is 0.461 e. The molecule has 6 heteroatoms. The van der Waals surface area contributed by atoms with Crippen LogP contribution in [0.4, 0.5) is 0 Å². The zero-order valence-electron chi connectivity index (χ0n) is 16.9. The van der Waals surface area contributed by atoms with Crippen LogP contribution in [0.25, 0.3) is 0 Å². The van der Waals surface area contributed by atoms with E-state index < -0.39 is 18.0 Å². The first-order valence-corrected chi connectivity index (χ1v) is 9.47. The molecular formula is C20H36N2O4. The molecule has 0 aromatic rings. The van der Waals surface area contributed by atoms with E-state index in [9.17, 15) is 9.59 Å². The van der Waals surface area contributed by atoms with Crippen molar-refractivity contribution in [2.45, 2.75) is 59.4 Å². The Bertz CT molecular complexity index is 466. The number of esters is 2. The molecule has 2 N–H and O–H groups in total. The Balaban J connectivity index is 4.29. The standard InChI is InChI=1S/C20H36N2O4/c1-6-8-10-22(11-9-7-2)12-13-25-20(24)17(5)14-18(21)15-26-19(23)16(3)4/h14,18H,3,6-13,15,21H2,1-2,4-5H3/t18-/m1/s1. The molecule has 0 rings (SSSR count). The third-order valence-electron chi connectivity index (χ3n) is 3.84. The van der Waals surface area contributed by atoms with E-state index in [2.05, 4.69) is 25.3 Å². The second-order valence-corrected chi connectivity index (χ2v) is 6.58. The molecule has 0 aliphatic carbocycles. The van der Waals surface area contributed by atoms with Crippen LogP contribution in [0, 0.1) is 0 Å². The molecule has 0 unspecified atom stereocenters. The molecule has 0 heterocycles. The maximum absolute atomic E-state index is 12.0. The number of unbranched alkanes of at least 4 members (excludes halogenated alkanes) is 2. The minimum Gasteiger partial charge on any atom is -0.461 e. The van der Waals surface area contributed by atoms with Gasteiger partial charge < -0.3 is 15.2 Å². The van der Waals surface area contributed by atoms with Crippen LogP contribution in [0.5, 0.6) is 0 Å². The molecule has 0 bridgehead atoms. The molecule has 0 aliphatic rings. The third kappa shape index (κ3) is 11.8. The fourth-order valence-electron chi connectivity index (χ4n) is 2.21. The summed E-state index contributed by atoms with van der Waals surface area (Å²) in [7, 11) is 0. The minimum atomic E-state index is -0.559. The smallest absolute Gasteiger partial charge is 0.333 e. The van der Waals surface area contributed by atoms with Gasteiger partial charge in [-0.1, -0.05) is 39.3 Å². The predicted molar refractivity (Wildman–Crippen MR) is 105 cm³/mol. The molecule has 0 saturated heterocycles. The number of rotatable bonds is 14. The molecule has 0 radical (unpaired) electrons. The van der Waals surface area contributed by atoms with Crippen molar-refractivity contribution in [3.63, 3.8) is 0 Å². The fraction of sp³-hybridized carbons (Fsp3) is 0.700. The highest BCUT2D eigenvalue weighted by Crippen LogP contribution is 2.03. The molecule has 150 valence electrons.